The molecule has 0 fully saturated rings. The average Bonchev–Trinajstić information content (AvgIpc) is 2.42. The molecule has 21 heavy (non-hydrogen) atoms. The Hall–Kier alpha value is -2.15. The third-order valence-corrected chi connectivity index (χ3v) is 2.60. The van der Waals surface area contributed by atoms with Crippen LogP contribution in [0, 0.1) is 5.82 Å². The zero-order chi connectivity index (χ0) is 15.2. The van der Waals surface area contributed by atoms with Crippen LogP contribution in [0.4, 0.5) is 22.0 Å². The molecule has 0 aliphatic rings. The van der Waals surface area contributed by atoms with Gasteiger partial charge in [0.1, 0.15) is 0 Å². The van der Waals surface area contributed by atoms with Crippen molar-refractivity contribution >= 4 is 29.2 Å². The fourth-order valence-electron chi connectivity index (χ4n) is 1.62. The van der Waals surface area contributed by atoms with E-state index in [4.69, 9.17) is 16.3 Å². The van der Waals surface area contributed by atoms with Gasteiger partial charge in [0, 0.05) is 18.3 Å². The minimum absolute atomic E-state index is 0.0508. The molecule has 1 aromatic heterocycles. The number of hydrogen-bond donors (Lipinski definition) is 2. The maximum Gasteiger partial charge on any atom is 0.233 e. The number of rotatable bonds is 6. The number of hydrogen-bond acceptors (Lipinski definition) is 6. The summed E-state index contributed by atoms with van der Waals surface area (Å²) in [7, 11) is 0. The van der Waals surface area contributed by atoms with Gasteiger partial charge in [0.15, 0.2) is 11.6 Å². The normalized spacial score (nSPS) is 10.3. The molecule has 6 nitrogen and oxygen atoms in total. The van der Waals surface area contributed by atoms with Gasteiger partial charge >= 0.3 is 0 Å². The highest BCUT2D eigenvalue weighted by Crippen LogP contribution is 2.23. The first kappa shape index (κ1) is 15.2. The van der Waals surface area contributed by atoms with Crippen molar-refractivity contribution in [2.75, 3.05) is 23.8 Å². The zero-order valence-corrected chi connectivity index (χ0v) is 12.4. The van der Waals surface area contributed by atoms with Gasteiger partial charge in [-0.1, -0.05) is 0 Å². The summed E-state index contributed by atoms with van der Waals surface area (Å²) in [6.07, 6.45) is 0. The average molecular weight is 312 g/mol. The zero-order valence-electron chi connectivity index (χ0n) is 11.7. The first-order valence-corrected chi connectivity index (χ1v) is 6.85. The van der Waals surface area contributed by atoms with Gasteiger partial charge in [-0.3, -0.25) is 0 Å². The Morgan fingerprint density at radius 2 is 1.95 bits per heavy atom. The molecule has 0 aliphatic carbocycles. The van der Waals surface area contributed by atoms with Crippen molar-refractivity contribution in [2.24, 2.45) is 0 Å². The molecule has 8 heteroatoms. The lowest BCUT2D eigenvalue weighted by Gasteiger charge is -2.09. The van der Waals surface area contributed by atoms with Gasteiger partial charge in [-0.2, -0.15) is 15.0 Å². The van der Waals surface area contributed by atoms with E-state index in [1.54, 1.807) is 13.0 Å². The smallest absolute Gasteiger partial charge is 0.233 e. The van der Waals surface area contributed by atoms with Crippen LogP contribution in [0.3, 0.4) is 0 Å². The van der Waals surface area contributed by atoms with Gasteiger partial charge in [-0.05, 0) is 37.6 Å². The standard InChI is InChI=1S/C13H15ClFN5O/c1-3-16-12-18-11(14)19-13(20-12)17-8-5-6-10(21-4-2)9(15)7-8/h5-7H,3-4H2,1-2H3,(H2,16,17,18,19,20). The Kier molecular flexibility index (Phi) is 5.10. The summed E-state index contributed by atoms with van der Waals surface area (Å²) in [6.45, 7) is 4.75. The number of halogens is 2. The van der Waals surface area contributed by atoms with Gasteiger partial charge in [0.05, 0.1) is 6.61 Å². The Morgan fingerprint density at radius 3 is 2.62 bits per heavy atom. The number of benzene rings is 1. The predicted molar refractivity (Wildman–Crippen MR) is 79.9 cm³/mol. The summed E-state index contributed by atoms with van der Waals surface area (Å²) in [6, 6.07) is 4.50. The Bertz CT molecular complexity index is 626. The lowest BCUT2D eigenvalue weighted by Crippen LogP contribution is -2.06. The van der Waals surface area contributed by atoms with Crippen LogP contribution in [0.25, 0.3) is 0 Å². The van der Waals surface area contributed by atoms with Gasteiger partial charge in [0.2, 0.25) is 17.2 Å². The third-order valence-electron chi connectivity index (χ3n) is 2.43. The molecule has 0 radical (unpaired) electrons. The molecular weight excluding hydrogens is 297 g/mol. The maximum atomic E-state index is 13.8. The van der Waals surface area contributed by atoms with Gasteiger partial charge < -0.3 is 15.4 Å². The van der Waals surface area contributed by atoms with E-state index in [2.05, 4.69) is 25.6 Å². The van der Waals surface area contributed by atoms with Crippen LogP contribution < -0.4 is 15.4 Å². The lowest BCUT2D eigenvalue weighted by atomic mass is 10.3. The summed E-state index contributed by atoms with van der Waals surface area (Å²) in [4.78, 5) is 12.0. The largest absolute Gasteiger partial charge is 0.491 e. The second-order valence-corrected chi connectivity index (χ2v) is 4.32. The van der Waals surface area contributed by atoms with E-state index in [1.165, 1.54) is 12.1 Å². The van der Waals surface area contributed by atoms with E-state index in [0.29, 0.717) is 24.8 Å². The predicted octanol–water partition coefficient (Wildman–Crippen LogP) is 3.24. The van der Waals surface area contributed by atoms with Crippen molar-refractivity contribution in [3.05, 3.63) is 29.3 Å². The highest BCUT2D eigenvalue weighted by Gasteiger charge is 2.08. The fraction of sp³-hybridized carbons (Fsp3) is 0.308. The molecule has 0 saturated heterocycles. The molecule has 2 aromatic rings. The summed E-state index contributed by atoms with van der Waals surface area (Å²) in [5, 5.41) is 5.85. The van der Waals surface area contributed by atoms with Crippen LogP contribution in [0.15, 0.2) is 18.2 Å². The molecule has 0 unspecified atom stereocenters. The van der Waals surface area contributed by atoms with E-state index < -0.39 is 5.82 Å². The summed E-state index contributed by atoms with van der Waals surface area (Å²) >= 11 is 5.81. The molecule has 0 aliphatic heterocycles. The molecule has 112 valence electrons. The maximum absolute atomic E-state index is 13.8. The Labute approximate surface area is 126 Å². The molecule has 0 atom stereocenters. The first-order chi connectivity index (χ1) is 10.1. The van der Waals surface area contributed by atoms with E-state index in [1.807, 2.05) is 6.92 Å². The van der Waals surface area contributed by atoms with Crippen LogP contribution in [-0.2, 0) is 0 Å². The Morgan fingerprint density at radius 1 is 1.19 bits per heavy atom. The van der Waals surface area contributed by atoms with Crippen molar-refractivity contribution in [3.8, 4) is 5.75 Å². The topological polar surface area (TPSA) is 72.0 Å². The molecule has 1 heterocycles. The molecule has 0 spiro atoms. The molecule has 0 bridgehead atoms. The lowest BCUT2D eigenvalue weighted by molar-refractivity contribution is 0.321. The van der Waals surface area contributed by atoms with E-state index in [9.17, 15) is 4.39 Å². The summed E-state index contributed by atoms with van der Waals surface area (Å²) in [5.74, 6) is 0.319. The molecule has 0 amide bonds. The highest BCUT2D eigenvalue weighted by molar-refractivity contribution is 6.28. The SMILES string of the molecule is CCNc1nc(Cl)nc(Nc2ccc(OCC)c(F)c2)n1. The molecule has 2 rings (SSSR count). The van der Waals surface area contributed by atoms with E-state index in [0.717, 1.165) is 0 Å². The number of anilines is 3. The highest BCUT2D eigenvalue weighted by atomic mass is 35.5. The fourth-order valence-corrected chi connectivity index (χ4v) is 1.78. The number of aromatic nitrogens is 3. The second-order valence-electron chi connectivity index (χ2n) is 3.99. The molecular formula is C13H15ClFN5O. The van der Waals surface area contributed by atoms with Gasteiger partial charge in [-0.25, -0.2) is 4.39 Å². The van der Waals surface area contributed by atoms with Crippen LogP contribution in [-0.4, -0.2) is 28.1 Å². The summed E-state index contributed by atoms with van der Waals surface area (Å²) < 4.78 is 18.9. The minimum Gasteiger partial charge on any atom is -0.491 e. The van der Waals surface area contributed by atoms with E-state index in [-0.39, 0.29) is 17.0 Å². The monoisotopic (exact) mass is 311 g/mol. The molecule has 2 N–H and O–H groups in total. The quantitative estimate of drug-likeness (QED) is 0.853. The van der Waals surface area contributed by atoms with Crippen molar-refractivity contribution in [3.63, 3.8) is 0 Å². The van der Waals surface area contributed by atoms with Crippen LogP contribution in [0.1, 0.15) is 13.8 Å². The Balaban J connectivity index is 2.19. The number of ether oxygens (including phenoxy) is 1. The van der Waals surface area contributed by atoms with Crippen LogP contribution in [0.5, 0.6) is 5.75 Å². The van der Waals surface area contributed by atoms with E-state index >= 15 is 0 Å². The van der Waals surface area contributed by atoms with Crippen molar-refractivity contribution < 1.29 is 9.13 Å². The molecule has 0 saturated carbocycles. The van der Waals surface area contributed by atoms with Gasteiger partial charge in [0.25, 0.3) is 0 Å². The molecule has 1 aromatic carbocycles. The van der Waals surface area contributed by atoms with Crippen LogP contribution >= 0.6 is 11.6 Å². The number of nitrogens with zero attached hydrogens (tertiary/aromatic N) is 3. The van der Waals surface area contributed by atoms with Gasteiger partial charge in [-0.15, -0.1) is 0 Å². The van der Waals surface area contributed by atoms with Crippen molar-refractivity contribution in [2.45, 2.75) is 13.8 Å². The minimum atomic E-state index is -0.464. The second kappa shape index (κ2) is 7.03. The summed E-state index contributed by atoms with van der Waals surface area (Å²) in [5.41, 5.74) is 0.487. The van der Waals surface area contributed by atoms with Crippen LogP contribution in [0.2, 0.25) is 5.28 Å². The first-order valence-electron chi connectivity index (χ1n) is 6.47. The third kappa shape index (κ3) is 4.16. The van der Waals surface area contributed by atoms with Crippen molar-refractivity contribution in [1.82, 2.24) is 15.0 Å². The number of nitrogens with one attached hydrogen (secondary N) is 2. The van der Waals surface area contributed by atoms with Crippen molar-refractivity contribution in [1.29, 1.82) is 0 Å².